The van der Waals surface area contributed by atoms with Crippen LogP contribution < -0.4 is 0 Å². The second kappa shape index (κ2) is 4.78. The number of carbonyl (C=O) groups is 1. The van der Waals surface area contributed by atoms with E-state index in [0.29, 0.717) is 5.41 Å². The summed E-state index contributed by atoms with van der Waals surface area (Å²) in [5, 5.41) is 0.540. The van der Waals surface area contributed by atoms with Gasteiger partial charge in [0.05, 0.1) is 5.41 Å². The average Bonchev–Trinajstić information content (AvgIpc) is 1.95. The summed E-state index contributed by atoms with van der Waals surface area (Å²) in [4.78, 5) is 10.7. The fourth-order valence-electron chi connectivity index (χ4n) is 0.408. The summed E-state index contributed by atoms with van der Waals surface area (Å²) < 4.78 is 33.0. The molecule has 0 amide bonds. The van der Waals surface area contributed by atoms with Crippen molar-refractivity contribution in [1.29, 1.82) is 0 Å². The highest BCUT2D eigenvalue weighted by Gasteiger charge is 2.00. The molecule has 0 radical (unpaired) electrons. The van der Waals surface area contributed by atoms with Gasteiger partial charge in [-0.3, -0.25) is 4.55 Å². The summed E-state index contributed by atoms with van der Waals surface area (Å²) in [5.74, 6) is -0.611. The number of hydrogen-bond acceptors (Lipinski definition) is 4. The van der Waals surface area contributed by atoms with Crippen LogP contribution in [0.5, 0.6) is 0 Å². The molecule has 0 heterocycles. The van der Waals surface area contributed by atoms with Crippen molar-refractivity contribution in [2.75, 3.05) is 6.61 Å². The lowest BCUT2D eigenvalue weighted by atomic mass is 10.4. The van der Waals surface area contributed by atoms with Crippen molar-refractivity contribution in [3.8, 4) is 0 Å². The van der Waals surface area contributed by atoms with Gasteiger partial charge in [0.1, 0.15) is 6.61 Å². The minimum Gasteiger partial charge on any atom is -0.458 e. The molecule has 0 aliphatic carbocycles. The number of rotatable bonds is 4. The topological polar surface area (TPSA) is 80.7 Å². The number of hydrogen-bond donors (Lipinski definition) is 1. The molecule has 0 aromatic rings. The van der Waals surface area contributed by atoms with Gasteiger partial charge in [-0.15, -0.1) is 0 Å². The molecule has 0 saturated carbocycles. The third-order valence-electron chi connectivity index (χ3n) is 0.927. The van der Waals surface area contributed by atoms with Crippen LogP contribution in [0.2, 0.25) is 0 Å². The molecule has 0 aliphatic rings. The van der Waals surface area contributed by atoms with Crippen molar-refractivity contribution in [2.45, 2.75) is 6.92 Å². The molecule has 0 saturated heterocycles. The maximum absolute atomic E-state index is 10.7. The van der Waals surface area contributed by atoms with Crippen LogP contribution in [0.1, 0.15) is 6.92 Å². The van der Waals surface area contributed by atoms with Crippen molar-refractivity contribution in [3.63, 3.8) is 0 Å². The van der Waals surface area contributed by atoms with Gasteiger partial charge in [-0.1, -0.05) is 6.58 Å². The molecule has 0 aromatic heterocycles. The van der Waals surface area contributed by atoms with Crippen molar-refractivity contribution in [2.24, 2.45) is 0 Å². The predicted molar refractivity (Wildman–Crippen MR) is 46.5 cm³/mol. The summed E-state index contributed by atoms with van der Waals surface area (Å²) in [6.45, 7) is 4.57. The maximum Gasteiger partial charge on any atom is 0.333 e. The minimum atomic E-state index is -4.14. The SMILES string of the molecule is C=C(C)C(=O)OC/C=C/S(=O)(=O)O. The molecule has 1 N–H and O–H groups in total. The first-order chi connectivity index (χ1) is 5.83. The highest BCUT2D eigenvalue weighted by atomic mass is 32.2. The molecule has 0 aliphatic heterocycles. The maximum atomic E-state index is 10.7. The van der Waals surface area contributed by atoms with Gasteiger partial charge >= 0.3 is 5.97 Å². The van der Waals surface area contributed by atoms with Gasteiger partial charge in [0, 0.05) is 5.57 Å². The second-order valence-corrected chi connectivity index (χ2v) is 3.57. The van der Waals surface area contributed by atoms with Gasteiger partial charge < -0.3 is 4.74 Å². The summed E-state index contributed by atoms with van der Waals surface area (Å²) in [6.07, 6.45) is 1.01. The van der Waals surface area contributed by atoms with Crippen LogP contribution >= 0.6 is 0 Å². The van der Waals surface area contributed by atoms with Crippen molar-refractivity contribution in [3.05, 3.63) is 23.6 Å². The Bertz CT molecular complexity index is 325. The standard InChI is InChI=1S/C7H10O5S/c1-6(2)7(8)12-4-3-5-13(9,10)11/h3,5H,1,4H2,2H3,(H,9,10,11)/b5-3+. The first-order valence-corrected chi connectivity index (χ1v) is 4.80. The van der Waals surface area contributed by atoms with E-state index in [1.807, 2.05) is 0 Å². The molecule has 74 valence electrons. The predicted octanol–water partition coefficient (Wildman–Crippen LogP) is 0.507. The van der Waals surface area contributed by atoms with Crippen molar-refractivity contribution >= 4 is 16.1 Å². The Hall–Kier alpha value is -1.14. The average molecular weight is 206 g/mol. The van der Waals surface area contributed by atoms with Crippen LogP contribution in [0.4, 0.5) is 0 Å². The van der Waals surface area contributed by atoms with Crippen LogP contribution in [-0.2, 0) is 19.6 Å². The van der Waals surface area contributed by atoms with Gasteiger partial charge in [-0.25, -0.2) is 4.79 Å². The van der Waals surface area contributed by atoms with Crippen LogP contribution in [0.25, 0.3) is 0 Å². The second-order valence-electron chi connectivity index (χ2n) is 2.27. The molecule has 0 unspecified atom stereocenters. The van der Waals surface area contributed by atoms with Gasteiger partial charge in [-0.2, -0.15) is 8.42 Å². The molecular weight excluding hydrogens is 196 g/mol. The number of ether oxygens (including phenoxy) is 1. The fraction of sp³-hybridized carbons (Fsp3) is 0.286. The molecule has 5 nitrogen and oxygen atoms in total. The monoisotopic (exact) mass is 206 g/mol. The van der Waals surface area contributed by atoms with E-state index >= 15 is 0 Å². The lowest BCUT2D eigenvalue weighted by Gasteiger charge is -1.98. The Morgan fingerprint density at radius 3 is 2.54 bits per heavy atom. The Labute approximate surface area is 76.5 Å². The number of carbonyl (C=O) groups excluding carboxylic acids is 1. The molecule has 0 fully saturated rings. The highest BCUT2D eigenvalue weighted by molar-refractivity contribution is 7.88. The summed E-state index contributed by atoms with van der Waals surface area (Å²) in [5.41, 5.74) is 0.222. The van der Waals surface area contributed by atoms with E-state index in [4.69, 9.17) is 4.55 Å². The zero-order valence-corrected chi connectivity index (χ0v) is 7.87. The lowest BCUT2D eigenvalue weighted by molar-refractivity contribution is -0.137. The van der Waals surface area contributed by atoms with Crippen LogP contribution in [0.3, 0.4) is 0 Å². The molecule has 13 heavy (non-hydrogen) atoms. The van der Waals surface area contributed by atoms with Gasteiger partial charge in [0.15, 0.2) is 0 Å². The Morgan fingerprint density at radius 2 is 2.15 bits per heavy atom. The molecule has 0 spiro atoms. The normalized spacial score (nSPS) is 11.5. The zero-order chi connectivity index (χ0) is 10.5. The van der Waals surface area contributed by atoms with E-state index in [0.717, 1.165) is 6.08 Å². The third kappa shape index (κ3) is 7.23. The van der Waals surface area contributed by atoms with Gasteiger partial charge in [0.2, 0.25) is 0 Å². The van der Waals surface area contributed by atoms with E-state index in [1.54, 1.807) is 0 Å². The van der Waals surface area contributed by atoms with Crippen molar-refractivity contribution < 1.29 is 22.5 Å². The molecular formula is C7H10O5S. The van der Waals surface area contributed by atoms with E-state index in [9.17, 15) is 13.2 Å². The lowest BCUT2D eigenvalue weighted by Crippen LogP contribution is -2.04. The molecule has 6 heteroatoms. The van der Waals surface area contributed by atoms with E-state index < -0.39 is 16.1 Å². The van der Waals surface area contributed by atoms with Crippen LogP contribution in [-0.4, -0.2) is 25.5 Å². The third-order valence-corrected chi connectivity index (χ3v) is 1.46. The Balaban J connectivity index is 3.89. The van der Waals surface area contributed by atoms with E-state index in [1.165, 1.54) is 6.92 Å². The quantitative estimate of drug-likeness (QED) is 0.411. The van der Waals surface area contributed by atoms with E-state index in [-0.39, 0.29) is 12.2 Å². The zero-order valence-electron chi connectivity index (χ0n) is 7.06. The van der Waals surface area contributed by atoms with E-state index in [2.05, 4.69) is 11.3 Å². The van der Waals surface area contributed by atoms with Crippen molar-refractivity contribution in [1.82, 2.24) is 0 Å². The number of esters is 1. The molecule has 0 aromatic carbocycles. The molecule has 0 bridgehead atoms. The smallest absolute Gasteiger partial charge is 0.333 e. The Kier molecular flexibility index (Phi) is 4.36. The molecule has 0 atom stereocenters. The van der Waals surface area contributed by atoms with Crippen LogP contribution in [0, 0.1) is 0 Å². The van der Waals surface area contributed by atoms with Gasteiger partial charge in [0.25, 0.3) is 10.1 Å². The summed E-state index contributed by atoms with van der Waals surface area (Å²) in [7, 11) is -4.14. The summed E-state index contributed by atoms with van der Waals surface area (Å²) >= 11 is 0. The first kappa shape index (κ1) is 11.9. The first-order valence-electron chi connectivity index (χ1n) is 3.29. The van der Waals surface area contributed by atoms with Crippen LogP contribution in [0.15, 0.2) is 23.6 Å². The minimum absolute atomic E-state index is 0.217. The largest absolute Gasteiger partial charge is 0.458 e. The van der Waals surface area contributed by atoms with Gasteiger partial charge in [-0.05, 0) is 13.0 Å². The highest BCUT2D eigenvalue weighted by Crippen LogP contribution is 1.92. The molecule has 0 rings (SSSR count). The fourth-order valence-corrected chi connectivity index (χ4v) is 0.730. The summed E-state index contributed by atoms with van der Waals surface area (Å²) in [6, 6.07) is 0. The Morgan fingerprint density at radius 1 is 1.62 bits per heavy atom.